The van der Waals surface area contributed by atoms with Crippen LogP contribution in [0.2, 0.25) is 0 Å². The number of anilines is 2. The number of fused-ring (bicyclic) bond motifs is 2. The van der Waals surface area contributed by atoms with Crippen molar-refractivity contribution in [1.82, 2.24) is 19.9 Å². The van der Waals surface area contributed by atoms with Crippen molar-refractivity contribution >= 4 is 28.8 Å². The lowest BCUT2D eigenvalue weighted by molar-refractivity contribution is 0.112. The molecular formula is C29H29N5O3. The van der Waals surface area contributed by atoms with Gasteiger partial charge in [-0.1, -0.05) is 24.3 Å². The van der Waals surface area contributed by atoms with Crippen LogP contribution in [0, 0.1) is 0 Å². The van der Waals surface area contributed by atoms with Crippen LogP contribution in [-0.4, -0.2) is 70.1 Å². The van der Waals surface area contributed by atoms with Crippen molar-refractivity contribution in [3.63, 3.8) is 0 Å². The molecule has 4 aromatic rings. The fraction of sp³-hybridized carbons (Fsp3) is 0.310. The van der Waals surface area contributed by atoms with Gasteiger partial charge in [0, 0.05) is 43.6 Å². The van der Waals surface area contributed by atoms with Crippen molar-refractivity contribution in [2.75, 3.05) is 37.7 Å². The highest BCUT2D eigenvalue weighted by molar-refractivity contribution is 5.92. The van der Waals surface area contributed by atoms with Gasteiger partial charge in [-0.15, -0.1) is 0 Å². The lowest BCUT2D eigenvalue weighted by atomic mass is 9.98. The second kappa shape index (κ2) is 10.2. The molecule has 0 radical (unpaired) electrons. The fourth-order valence-electron chi connectivity index (χ4n) is 5.38. The molecule has 37 heavy (non-hydrogen) atoms. The van der Waals surface area contributed by atoms with Gasteiger partial charge in [-0.05, 0) is 60.2 Å². The Balaban J connectivity index is 1.21. The first kappa shape index (κ1) is 23.5. The third kappa shape index (κ3) is 4.77. The summed E-state index contributed by atoms with van der Waals surface area (Å²) < 4.78 is 6.08. The fourth-order valence-corrected chi connectivity index (χ4v) is 5.38. The number of aldehydes is 1. The Bertz CT molecular complexity index is 1440. The highest BCUT2D eigenvalue weighted by atomic mass is 16.5. The minimum Gasteiger partial charge on any atom is -0.494 e. The third-order valence-corrected chi connectivity index (χ3v) is 7.18. The molecular weight excluding hydrogens is 466 g/mol. The molecule has 1 atom stereocenters. The van der Waals surface area contributed by atoms with Crippen LogP contribution in [-0.2, 0) is 6.42 Å². The average Bonchev–Trinajstić information content (AvgIpc) is 3.56. The van der Waals surface area contributed by atoms with Gasteiger partial charge in [0.25, 0.3) is 0 Å². The number of rotatable bonds is 8. The van der Waals surface area contributed by atoms with E-state index in [1.807, 2.05) is 12.1 Å². The number of pyridine rings is 1. The molecule has 0 spiro atoms. The van der Waals surface area contributed by atoms with Gasteiger partial charge in [-0.3, -0.25) is 4.79 Å². The van der Waals surface area contributed by atoms with Crippen molar-refractivity contribution < 1.29 is 14.6 Å². The molecule has 0 aliphatic carbocycles. The van der Waals surface area contributed by atoms with Crippen LogP contribution in [0.1, 0.15) is 28.8 Å². The summed E-state index contributed by atoms with van der Waals surface area (Å²) in [4.78, 5) is 29.0. The van der Waals surface area contributed by atoms with E-state index in [2.05, 4.69) is 55.1 Å². The lowest BCUT2D eigenvalue weighted by Crippen LogP contribution is -2.24. The van der Waals surface area contributed by atoms with E-state index in [4.69, 9.17) is 4.74 Å². The molecule has 0 bridgehead atoms. The summed E-state index contributed by atoms with van der Waals surface area (Å²) in [5, 5.41) is 9.69. The predicted molar refractivity (Wildman–Crippen MR) is 142 cm³/mol. The number of ether oxygens (including phenoxy) is 1. The Kier molecular flexibility index (Phi) is 6.51. The number of carbonyl (C=O) groups is 1. The first-order valence-corrected chi connectivity index (χ1v) is 12.8. The summed E-state index contributed by atoms with van der Waals surface area (Å²) in [7, 11) is 0. The van der Waals surface area contributed by atoms with Crippen LogP contribution in [0.15, 0.2) is 61.1 Å². The van der Waals surface area contributed by atoms with Crippen molar-refractivity contribution in [3.05, 3.63) is 72.2 Å². The number of β-amino-alcohol motifs (C(OH)–C–C–N with tert-alkyl or cyclic N) is 1. The summed E-state index contributed by atoms with van der Waals surface area (Å²) >= 11 is 0. The van der Waals surface area contributed by atoms with Crippen molar-refractivity contribution in [3.8, 4) is 16.9 Å². The normalized spacial score (nSPS) is 17.3. The van der Waals surface area contributed by atoms with Gasteiger partial charge in [0.05, 0.1) is 18.2 Å². The molecule has 0 amide bonds. The van der Waals surface area contributed by atoms with Gasteiger partial charge >= 0.3 is 0 Å². The summed E-state index contributed by atoms with van der Waals surface area (Å²) in [5.74, 6) is 1.62. The lowest BCUT2D eigenvalue weighted by Gasteiger charge is -2.20. The Morgan fingerprint density at radius 2 is 2.00 bits per heavy atom. The number of aliphatic hydroxyl groups excluding tert-OH is 1. The van der Waals surface area contributed by atoms with E-state index in [0.717, 1.165) is 74.5 Å². The zero-order chi connectivity index (χ0) is 25.2. The number of aromatic nitrogens is 3. The van der Waals surface area contributed by atoms with E-state index in [-0.39, 0.29) is 6.10 Å². The van der Waals surface area contributed by atoms with Gasteiger partial charge in [-0.25, -0.2) is 15.0 Å². The van der Waals surface area contributed by atoms with Crippen LogP contribution in [0.5, 0.6) is 5.75 Å². The molecule has 2 aromatic carbocycles. The van der Waals surface area contributed by atoms with E-state index in [0.29, 0.717) is 23.2 Å². The first-order valence-electron chi connectivity index (χ1n) is 12.8. The highest BCUT2D eigenvalue weighted by Gasteiger charge is 2.26. The molecule has 188 valence electrons. The van der Waals surface area contributed by atoms with E-state index in [1.54, 1.807) is 12.3 Å². The maximum absolute atomic E-state index is 11.2. The summed E-state index contributed by atoms with van der Waals surface area (Å²) in [6.45, 7) is 4.12. The predicted octanol–water partition coefficient (Wildman–Crippen LogP) is 4.03. The SMILES string of the molecule is O=Cc1cnc2c(N3CCc4c(-c5cccc(OCCCN6CC[C@H](O)C6)c5)cccc43)ncnc2c1. The molecule has 1 saturated heterocycles. The topological polar surface area (TPSA) is 91.7 Å². The molecule has 1 N–H and O–H groups in total. The second-order valence-corrected chi connectivity index (χ2v) is 9.63. The Hall–Kier alpha value is -3.88. The minimum atomic E-state index is -0.180. The molecule has 6 rings (SSSR count). The number of aliphatic hydroxyl groups is 1. The Labute approximate surface area is 215 Å². The van der Waals surface area contributed by atoms with Crippen LogP contribution in [0.25, 0.3) is 22.2 Å². The summed E-state index contributed by atoms with van der Waals surface area (Å²) in [5.41, 5.74) is 6.53. The van der Waals surface area contributed by atoms with Crippen LogP contribution in [0.3, 0.4) is 0 Å². The summed E-state index contributed by atoms with van der Waals surface area (Å²) in [6, 6.07) is 16.4. The second-order valence-electron chi connectivity index (χ2n) is 9.63. The Morgan fingerprint density at radius 3 is 2.86 bits per heavy atom. The van der Waals surface area contributed by atoms with E-state index < -0.39 is 0 Å². The van der Waals surface area contributed by atoms with Crippen LogP contribution in [0.4, 0.5) is 11.5 Å². The van der Waals surface area contributed by atoms with E-state index in [1.165, 1.54) is 17.5 Å². The van der Waals surface area contributed by atoms with E-state index >= 15 is 0 Å². The van der Waals surface area contributed by atoms with Gasteiger partial charge in [0.15, 0.2) is 12.1 Å². The minimum absolute atomic E-state index is 0.180. The van der Waals surface area contributed by atoms with Gasteiger partial charge < -0.3 is 19.6 Å². The zero-order valence-corrected chi connectivity index (χ0v) is 20.6. The van der Waals surface area contributed by atoms with Gasteiger partial charge in [0.1, 0.15) is 17.6 Å². The molecule has 1 fully saturated rings. The van der Waals surface area contributed by atoms with Crippen LogP contribution >= 0.6 is 0 Å². The van der Waals surface area contributed by atoms with Gasteiger partial charge in [0.2, 0.25) is 0 Å². The monoisotopic (exact) mass is 495 g/mol. The first-order chi connectivity index (χ1) is 18.2. The van der Waals surface area contributed by atoms with Gasteiger partial charge in [-0.2, -0.15) is 0 Å². The standard InChI is InChI=1S/C29H29N5O3/c35-18-20-14-26-28(30-16-20)29(32-19-31-26)34-12-9-25-24(6-2-7-27(25)34)21-4-1-5-23(15-21)37-13-3-10-33-11-8-22(36)17-33/h1-2,4-7,14-16,18-19,22,36H,3,8-13,17H2/t22-/m0/s1. The maximum Gasteiger partial charge on any atom is 0.163 e. The average molecular weight is 496 g/mol. The number of nitrogens with zero attached hydrogens (tertiary/aromatic N) is 5. The van der Waals surface area contributed by atoms with Crippen LogP contribution < -0.4 is 9.64 Å². The molecule has 0 saturated carbocycles. The smallest absolute Gasteiger partial charge is 0.163 e. The molecule has 2 aliphatic rings. The quantitative estimate of drug-likeness (QED) is 0.289. The number of hydrogen-bond donors (Lipinski definition) is 1. The number of carbonyl (C=O) groups excluding carboxylic acids is 1. The van der Waals surface area contributed by atoms with Crippen molar-refractivity contribution in [2.24, 2.45) is 0 Å². The highest BCUT2D eigenvalue weighted by Crippen LogP contribution is 2.41. The maximum atomic E-state index is 11.2. The number of hydrogen-bond acceptors (Lipinski definition) is 8. The molecule has 8 nitrogen and oxygen atoms in total. The summed E-state index contributed by atoms with van der Waals surface area (Å²) in [6.07, 6.45) is 6.38. The van der Waals surface area contributed by atoms with Crippen molar-refractivity contribution in [1.29, 1.82) is 0 Å². The van der Waals surface area contributed by atoms with Crippen molar-refractivity contribution in [2.45, 2.75) is 25.4 Å². The Morgan fingerprint density at radius 1 is 1.08 bits per heavy atom. The zero-order valence-electron chi connectivity index (χ0n) is 20.6. The molecule has 2 aliphatic heterocycles. The number of benzene rings is 2. The largest absolute Gasteiger partial charge is 0.494 e. The molecule has 2 aromatic heterocycles. The number of likely N-dealkylation sites (tertiary alicyclic amines) is 1. The molecule has 8 heteroatoms. The molecule has 0 unspecified atom stereocenters. The van der Waals surface area contributed by atoms with E-state index in [9.17, 15) is 9.90 Å². The third-order valence-electron chi connectivity index (χ3n) is 7.18. The molecule has 4 heterocycles.